The van der Waals surface area contributed by atoms with Crippen molar-refractivity contribution in [1.29, 1.82) is 0 Å². The van der Waals surface area contributed by atoms with E-state index in [0.29, 0.717) is 22.5 Å². The van der Waals surface area contributed by atoms with E-state index in [4.69, 9.17) is 11.6 Å². The summed E-state index contributed by atoms with van der Waals surface area (Å²) in [6.45, 7) is 2.65. The van der Waals surface area contributed by atoms with Crippen LogP contribution in [0.5, 0.6) is 0 Å². The summed E-state index contributed by atoms with van der Waals surface area (Å²) in [5, 5.41) is 13.1. The third-order valence-electron chi connectivity index (χ3n) is 5.02. The van der Waals surface area contributed by atoms with E-state index in [1.807, 2.05) is 71.3 Å². The van der Waals surface area contributed by atoms with E-state index in [1.165, 1.54) is 11.8 Å². The molecule has 0 unspecified atom stereocenters. The topological polar surface area (TPSA) is 59.8 Å². The molecular formula is C25H23ClN4OS. The molecule has 0 aliphatic carbocycles. The van der Waals surface area contributed by atoms with Crippen LogP contribution in [-0.4, -0.2) is 26.4 Å². The Bertz CT molecular complexity index is 1210. The van der Waals surface area contributed by atoms with Gasteiger partial charge >= 0.3 is 0 Å². The number of carbonyl (C=O) groups excluding carboxylic acids is 1. The van der Waals surface area contributed by atoms with Gasteiger partial charge in [-0.05, 0) is 35.7 Å². The number of aromatic nitrogens is 3. The minimum Gasteiger partial charge on any atom is -0.325 e. The Labute approximate surface area is 196 Å². The van der Waals surface area contributed by atoms with Crippen LogP contribution < -0.4 is 5.32 Å². The zero-order valence-corrected chi connectivity index (χ0v) is 19.2. The van der Waals surface area contributed by atoms with Gasteiger partial charge in [-0.1, -0.05) is 91.0 Å². The van der Waals surface area contributed by atoms with Gasteiger partial charge in [0.25, 0.3) is 0 Å². The van der Waals surface area contributed by atoms with Crippen LogP contribution in [-0.2, 0) is 17.8 Å². The average Bonchev–Trinajstić information content (AvgIpc) is 3.21. The highest BCUT2D eigenvalue weighted by molar-refractivity contribution is 7.99. The first-order chi connectivity index (χ1) is 15.7. The summed E-state index contributed by atoms with van der Waals surface area (Å²) in [5.74, 6) is 0.830. The highest BCUT2D eigenvalue weighted by Gasteiger charge is 2.18. The van der Waals surface area contributed by atoms with Gasteiger partial charge in [0.15, 0.2) is 11.0 Å². The zero-order chi connectivity index (χ0) is 22.3. The number of hydrogen-bond acceptors (Lipinski definition) is 4. The smallest absolute Gasteiger partial charge is 0.234 e. The Morgan fingerprint density at radius 2 is 1.69 bits per heavy atom. The van der Waals surface area contributed by atoms with Crippen molar-refractivity contribution in [2.24, 2.45) is 0 Å². The Balaban J connectivity index is 1.56. The van der Waals surface area contributed by atoms with E-state index in [2.05, 4.69) is 34.6 Å². The third-order valence-corrected chi connectivity index (χ3v) is 6.32. The fraction of sp³-hybridized carbons (Fsp3) is 0.160. The van der Waals surface area contributed by atoms with E-state index in [9.17, 15) is 4.79 Å². The van der Waals surface area contributed by atoms with Gasteiger partial charge in [-0.25, -0.2) is 0 Å². The third kappa shape index (κ3) is 5.21. The first-order valence-corrected chi connectivity index (χ1v) is 11.7. The van der Waals surface area contributed by atoms with Gasteiger partial charge in [-0.3, -0.25) is 9.36 Å². The van der Waals surface area contributed by atoms with Gasteiger partial charge in [0, 0.05) is 11.3 Å². The number of benzene rings is 3. The highest BCUT2D eigenvalue weighted by atomic mass is 35.5. The molecule has 0 spiro atoms. The zero-order valence-electron chi connectivity index (χ0n) is 17.7. The minimum atomic E-state index is -0.0792. The summed E-state index contributed by atoms with van der Waals surface area (Å²) >= 11 is 7.80. The molecule has 4 rings (SSSR count). The molecule has 3 aromatic carbocycles. The predicted molar refractivity (Wildman–Crippen MR) is 131 cm³/mol. The van der Waals surface area contributed by atoms with Crippen molar-refractivity contribution in [3.8, 4) is 11.4 Å². The van der Waals surface area contributed by atoms with Crippen LogP contribution in [0.1, 0.15) is 18.1 Å². The second kappa shape index (κ2) is 10.5. The van der Waals surface area contributed by atoms with E-state index in [1.54, 1.807) is 0 Å². The molecule has 0 saturated heterocycles. The second-order valence-corrected chi connectivity index (χ2v) is 8.56. The molecule has 0 fully saturated rings. The molecule has 0 atom stereocenters. The van der Waals surface area contributed by atoms with E-state index < -0.39 is 0 Å². The molecule has 7 heteroatoms. The summed E-state index contributed by atoms with van der Waals surface area (Å²) < 4.78 is 2.01. The molecule has 4 aromatic rings. The first kappa shape index (κ1) is 22.1. The molecule has 32 heavy (non-hydrogen) atoms. The number of para-hydroxylation sites is 1. The lowest BCUT2D eigenvalue weighted by Gasteiger charge is -2.12. The average molecular weight is 463 g/mol. The molecule has 1 heterocycles. The van der Waals surface area contributed by atoms with Crippen molar-refractivity contribution >= 4 is 35.0 Å². The summed E-state index contributed by atoms with van der Waals surface area (Å²) in [5.41, 5.74) is 3.89. The van der Waals surface area contributed by atoms with Crippen LogP contribution in [0.25, 0.3) is 11.4 Å². The lowest BCUT2D eigenvalue weighted by atomic mass is 10.1. The lowest BCUT2D eigenvalue weighted by Crippen LogP contribution is -2.16. The van der Waals surface area contributed by atoms with E-state index >= 15 is 0 Å². The van der Waals surface area contributed by atoms with Crippen molar-refractivity contribution in [3.63, 3.8) is 0 Å². The van der Waals surface area contributed by atoms with Crippen LogP contribution in [0.2, 0.25) is 5.02 Å². The first-order valence-electron chi connectivity index (χ1n) is 10.4. The Morgan fingerprint density at radius 1 is 0.969 bits per heavy atom. The van der Waals surface area contributed by atoms with Crippen molar-refractivity contribution in [1.82, 2.24) is 14.8 Å². The fourth-order valence-electron chi connectivity index (χ4n) is 3.41. The molecule has 162 valence electrons. The van der Waals surface area contributed by atoms with Gasteiger partial charge in [-0.2, -0.15) is 0 Å². The number of thioether (sulfide) groups is 1. The number of nitrogens with zero attached hydrogens (tertiary/aromatic N) is 3. The monoisotopic (exact) mass is 462 g/mol. The maximum absolute atomic E-state index is 12.6. The van der Waals surface area contributed by atoms with Crippen molar-refractivity contribution in [2.75, 3.05) is 11.1 Å². The molecule has 1 amide bonds. The number of carbonyl (C=O) groups is 1. The molecular weight excluding hydrogens is 440 g/mol. The predicted octanol–water partition coefficient (Wildman–Crippen LogP) is 5.94. The quantitative estimate of drug-likeness (QED) is 0.329. The molecule has 1 N–H and O–H groups in total. The number of rotatable bonds is 8. The number of anilines is 1. The van der Waals surface area contributed by atoms with Crippen molar-refractivity contribution in [3.05, 3.63) is 95.0 Å². The summed E-state index contributed by atoms with van der Waals surface area (Å²) in [4.78, 5) is 12.6. The van der Waals surface area contributed by atoms with Gasteiger partial charge in [0.05, 0.1) is 17.3 Å². The van der Waals surface area contributed by atoms with Crippen LogP contribution in [0.4, 0.5) is 5.69 Å². The fourth-order valence-corrected chi connectivity index (χ4v) is 4.37. The SMILES string of the molecule is CCc1ccccc1NC(=O)CSc1nnc(-c2ccccc2Cl)n1Cc1ccccc1. The van der Waals surface area contributed by atoms with Gasteiger partial charge in [-0.15, -0.1) is 10.2 Å². The summed E-state index contributed by atoms with van der Waals surface area (Å²) in [7, 11) is 0. The van der Waals surface area contributed by atoms with Crippen LogP contribution in [0.15, 0.2) is 84.0 Å². The summed E-state index contributed by atoms with van der Waals surface area (Å²) in [6, 6.07) is 25.5. The number of amides is 1. The van der Waals surface area contributed by atoms with E-state index in [0.717, 1.165) is 28.8 Å². The highest BCUT2D eigenvalue weighted by Crippen LogP contribution is 2.30. The maximum atomic E-state index is 12.6. The van der Waals surface area contributed by atoms with Crippen molar-refractivity contribution in [2.45, 2.75) is 25.0 Å². The molecule has 1 aromatic heterocycles. The number of halogens is 1. The maximum Gasteiger partial charge on any atom is 0.234 e. The van der Waals surface area contributed by atoms with Crippen LogP contribution in [0, 0.1) is 0 Å². The molecule has 0 bridgehead atoms. The Kier molecular flexibility index (Phi) is 7.24. The molecule has 0 saturated carbocycles. The number of nitrogens with one attached hydrogen (secondary N) is 1. The molecule has 0 aliphatic heterocycles. The number of aryl methyl sites for hydroxylation is 1. The Morgan fingerprint density at radius 3 is 2.47 bits per heavy atom. The van der Waals surface area contributed by atoms with E-state index in [-0.39, 0.29) is 11.7 Å². The summed E-state index contributed by atoms with van der Waals surface area (Å²) in [6.07, 6.45) is 0.857. The largest absolute Gasteiger partial charge is 0.325 e. The van der Waals surface area contributed by atoms with Crippen LogP contribution in [0.3, 0.4) is 0 Å². The second-order valence-electron chi connectivity index (χ2n) is 7.21. The molecule has 5 nitrogen and oxygen atoms in total. The normalized spacial score (nSPS) is 10.8. The standard InChI is InChI=1S/C25H23ClN4OS/c1-2-19-12-6-9-15-22(19)27-23(31)17-32-25-29-28-24(20-13-7-8-14-21(20)26)30(25)16-18-10-4-3-5-11-18/h3-15H,2,16-17H2,1H3,(H,27,31). The van der Waals surface area contributed by atoms with Crippen LogP contribution >= 0.6 is 23.4 Å². The van der Waals surface area contributed by atoms with Crippen molar-refractivity contribution < 1.29 is 4.79 Å². The number of hydrogen-bond donors (Lipinski definition) is 1. The molecule has 0 aliphatic rings. The lowest BCUT2D eigenvalue weighted by molar-refractivity contribution is -0.113. The Hall–Kier alpha value is -3.09. The molecule has 0 radical (unpaired) electrons. The minimum absolute atomic E-state index is 0.0792. The van der Waals surface area contributed by atoms with Gasteiger partial charge < -0.3 is 5.32 Å². The van der Waals surface area contributed by atoms with Gasteiger partial charge in [0.1, 0.15) is 0 Å². The van der Waals surface area contributed by atoms with Gasteiger partial charge in [0.2, 0.25) is 5.91 Å².